The van der Waals surface area contributed by atoms with E-state index in [0.717, 1.165) is 36.4 Å². The summed E-state index contributed by atoms with van der Waals surface area (Å²) in [7, 11) is 1.66. The summed E-state index contributed by atoms with van der Waals surface area (Å²) in [6, 6.07) is 7.73. The van der Waals surface area contributed by atoms with Crippen LogP contribution in [0.1, 0.15) is 45.4 Å². The maximum atomic E-state index is 5.14. The van der Waals surface area contributed by atoms with Gasteiger partial charge in [0.05, 0.1) is 7.11 Å². The van der Waals surface area contributed by atoms with Gasteiger partial charge < -0.3 is 10.1 Å². The Balaban J connectivity index is 0.00000116. The fourth-order valence-corrected chi connectivity index (χ4v) is 2.09. The Bertz CT molecular complexity index is 553. The number of anilines is 2. The van der Waals surface area contributed by atoms with Crippen LogP contribution in [0.3, 0.4) is 0 Å². The molecule has 1 heterocycles. The maximum absolute atomic E-state index is 5.14. The lowest BCUT2D eigenvalue weighted by molar-refractivity contribution is 0.415. The number of methoxy groups -OCH3 is 1. The zero-order valence-corrected chi connectivity index (χ0v) is 14.3. The molecule has 4 heteroatoms. The van der Waals surface area contributed by atoms with Crippen molar-refractivity contribution in [3.05, 3.63) is 41.7 Å². The quantitative estimate of drug-likeness (QED) is 0.835. The molecule has 0 bridgehead atoms. The van der Waals surface area contributed by atoms with E-state index in [4.69, 9.17) is 4.74 Å². The molecule has 0 atom stereocenters. The molecule has 1 aromatic carbocycles. The van der Waals surface area contributed by atoms with Crippen LogP contribution in [0.4, 0.5) is 11.6 Å². The Kier molecular flexibility index (Phi) is 7.97. The van der Waals surface area contributed by atoms with Crippen molar-refractivity contribution in [3.8, 4) is 5.75 Å². The van der Waals surface area contributed by atoms with Crippen LogP contribution < -0.4 is 10.1 Å². The van der Waals surface area contributed by atoms with E-state index >= 15 is 0 Å². The van der Waals surface area contributed by atoms with Crippen LogP contribution in [-0.2, 0) is 12.8 Å². The lowest BCUT2D eigenvalue weighted by Crippen LogP contribution is -2.03. The van der Waals surface area contributed by atoms with Gasteiger partial charge in [-0.3, -0.25) is 0 Å². The van der Waals surface area contributed by atoms with E-state index < -0.39 is 0 Å². The zero-order valence-electron chi connectivity index (χ0n) is 14.3. The van der Waals surface area contributed by atoms with Crippen LogP contribution in [0.15, 0.2) is 30.5 Å². The summed E-state index contributed by atoms with van der Waals surface area (Å²) >= 11 is 0. The van der Waals surface area contributed by atoms with E-state index in [0.29, 0.717) is 5.95 Å². The largest absolute Gasteiger partial charge is 0.497 e. The average Bonchev–Trinajstić information content (AvgIpc) is 2.59. The van der Waals surface area contributed by atoms with Crippen LogP contribution in [0, 0.1) is 0 Å². The number of nitrogens with one attached hydrogen (secondary N) is 1. The Morgan fingerprint density at radius 3 is 2.32 bits per heavy atom. The molecule has 0 aliphatic heterocycles. The molecule has 0 aliphatic rings. The van der Waals surface area contributed by atoms with Gasteiger partial charge in [-0.2, -0.15) is 0 Å². The fourth-order valence-electron chi connectivity index (χ4n) is 2.09. The summed E-state index contributed by atoms with van der Waals surface area (Å²) in [6.07, 6.45) is 5.00. The van der Waals surface area contributed by atoms with Crippen molar-refractivity contribution in [3.63, 3.8) is 0 Å². The van der Waals surface area contributed by atoms with E-state index in [9.17, 15) is 0 Å². The molecular weight excluding hydrogens is 274 g/mol. The normalized spacial score (nSPS) is 9.68. The first-order chi connectivity index (χ1) is 10.8. The molecule has 1 aromatic heterocycles. The van der Waals surface area contributed by atoms with Gasteiger partial charge in [-0.05, 0) is 42.7 Å². The number of nitrogens with zero attached hydrogens (tertiary/aromatic N) is 2. The molecule has 1 N–H and O–H groups in total. The van der Waals surface area contributed by atoms with E-state index in [1.165, 1.54) is 5.56 Å². The number of rotatable bonds is 6. The van der Waals surface area contributed by atoms with Crippen molar-refractivity contribution in [2.45, 2.75) is 47.0 Å². The third kappa shape index (κ3) is 5.02. The van der Waals surface area contributed by atoms with Gasteiger partial charge >= 0.3 is 0 Å². The summed E-state index contributed by atoms with van der Waals surface area (Å²) in [6.45, 7) is 8.29. The molecule has 0 saturated heterocycles. The smallest absolute Gasteiger partial charge is 0.227 e. The third-order valence-corrected chi connectivity index (χ3v) is 3.15. The highest BCUT2D eigenvalue weighted by Gasteiger charge is 2.05. The number of aromatic nitrogens is 2. The van der Waals surface area contributed by atoms with Crippen LogP contribution in [0.2, 0.25) is 0 Å². The maximum Gasteiger partial charge on any atom is 0.227 e. The first-order valence-electron chi connectivity index (χ1n) is 8.02. The van der Waals surface area contributed by atoms with Gasteiger partial charge in [0.1, 0.15) is 5.75 Å². The Labute approximate surface area is 134 Å². The van der Waals surface area contributed by atoms with Gasteiger partial charge in [-0.15, -0.1) is 0 Å². The van der Waals surface area contributed by atoms with Crippen molar-refractivity contribution in [1.29, 1.82) is 0 Å². The highest BCUT2D eigenvalue weighted by atomic mass is 16.5. The number of benzene rings is 1. The second-order valence-electron chi connectivity index (χ2n) is 4.62. The van der Waals surface area contributed by atoms with Crippen molar-refractivity contribution < 1.29 is 4.74 Å². The molecular formula is C18H27N3O. The summed E-state index contributed by atoms with van der Waals surface area (Å²) in [5, 5.41) is 3.22. The first-order valence-corrected chi connectivity index (χ1v) is 8.02. The van der Waals surface area contributed by atoms with Crippen molar-refractivity contribution in [1.82, 2.24) is 9.97 Å². The fraction of sp³-hybridized carbons (Fsp3) is 0.444. The predicted molar refractivity (Wildman–Crippen MR) is 93.0 cm³/mol. The van der Waals surface area contributed by atoms with Crippen LogP contribution in [-0.4, -0.2) is 17.1 Å². The number of hydrogen-bond donors (Lipinski definition) is 1. The minimum absolute atomic E-state index is 0.645. The second-order valence-corrected chi connectivity index (χ2v) is 4.62. The highest BCUT2D eigenvalue weighted by molar-refractivity contribution is 5.54. The predicted octanol–water partition coefficient (Wildman–Crippen LogP) is 4.77. The van der Waals surface area contributed by atoms with Crippen molar-refractivity contribution in [2.75, 3.05) is 12.4 Å². The molecule has 0 unspecified atom stereocenters. The average molecular weight is 301 g/mol. The monoisotopic (exact) mass is 301 g/mol. The van der Waals surface area contributed by atoms with Gasteiger partial charge in [0.2, 0.25) is 5.95 Å². The summed E-state index contributed by atoms with van der Waals surface area (Å²) in [4.78, 5) is 8.98. The van der Waals surface area contributed by atoms with Crippen LogP contribution >= 0.6 is 0 Å². The first kappa shape index (κ1) is 18.0. The SMILES string of the molecule is CC.CCCc1cnc(Nc2ccc(OC)cc2)nc1CC. The third-order valence-electron chi connectivity index (χ3n) is 3.15. The Hall–Kier alpha value is -2.10. The molecule has 4 nitrogen and oxygen atoms in total. The molecule has 120 valence electrons. The standard InChI is InChI=1S/C16H21N3O.C2H6/c1-4-6-12-11-17-16(19-15(12)5-2)18-13-7-9-14(20-3)10-8-13;1-2/h7-11H,4-6H2,1-3H3,(H,17,18,19);1-2H3. The molecule has 0 spiro atoms. The number of aryl methyl sites for hydroxylation is 2. The Morgan fingerprint density at radius 1 is 1.09 bits per heavy atom. The minimum atomic E-state index is 0.645. The molecule has 22 heavy (non-hydrogen) atoms. The topological polar surface area (TPSA) is 47.0 Å². The summed E-state index contributed by atoms with van der Waals surface area (Å²) in [5.74, 6) is 1.48. The second kappa shape index (κ2) is 9.77. The highest BCUT2D eigenvalue weighted by Crippen LogP contribution is 2.19. The van der Waals surface area contributed by atoms with E-state index in [1.54, 1.807) is 7.11 Å². The molecule has 0 radical (unpaired) electrons. The molecule has 0 fully saturated rings. The van der Waals surface area contributed by atoms with Gasteiger partial charge in [0.25, 0.3) is 0 Å². The van der Waals surface area contributed by atoms with Gasteiger partial charge in [0.15, 0.2) is 0 Å². The summed E-state index contributed by atoms with van der Waals surface area (Å²) < 4.78 is 5.14. The summed E-state index contributed by atoms with van der Waals surface area (Å²) in [5.41, 5.74) is 3.32. The molecule has 2 rings (SSSR count). The Morgan fingerprint density at radius 2 is 1.77 bits per heavy atom. The van der Waals surface area contributed by atoms with Crippen LogP contribution in [0.25, 0.3) is 0 Å². The van der Waals surface area contributed by atoms with E-state index in [-0.39, 0.29) is 0 Å². The van der Waals surface area contributed by atoms with Crippen molar-refractivity contribution >= 4 is 11.6 Å². The van der Waals surface area contributed by atoms with Gasteiger partial charge in [-0.1, -0.05) is 34.1 Å². The van der Waals surface area contributed by atoms with E-state index in [2.05, 4.69) is 29.1 Å². The van der Waals surface area contributed by atoms with Crippen LogP contribution in [0.5, 0.6) is 5.75 Å². The molecule has 2 aromatic rings. The zero-order chi connectivity index (χ0) is 16.4. The lowest BCUT2D eigenvalue weighted by atomic mass is 10.1. The van der Waals surface area contributed by atoms with Gasteiger partial charge in [0, 0.05) is 17.6 Å². The molecule has 0 amide bonds. The molecule has 0 aliphatic carbocycles. The van der Waals surface area contributed by atoms with Crippen molar-refractivity contribution in [2.24, 2.45) is 0 Å². The van der Waals surface area contributed by atoms with E-state index in [1.807, 2.05) is 44.3 Å². The number of hydrogen-bond acceptors (Lipinski definition) is 4. The van der Waals surface area contributed by atoms with Gasteiger partial charge in [-0.25, -0.2) is 9.97 Å². The number of ether oxygens (including phenoxy) is 1. The molecule has 0 saturated carbocycles. The minimum Gasteiger partial charge on any atom is -0.497 e. The lowest BCUT2D eigenvalue weighted by Gasteiger charge is -2.10.